The van der Waals surface area contributed by atoms with E-state index >= 15 is 0 Å². The summed E-state index contributed by atoms with van der Waals surface area (Å²) in [5.74, 6) is -4.07. The number of cyclic esters (lactones) is 5. The Labute approximate surface area is 634 Å². The summed E-state index contributed by atoms with van der Waals surface area (Å²) in [6, 6.07) is 31.3. The standard InChI is InChI=1S/C16H21NO5S.C15H17NO5.C15H19NO3.C14H13NO5.C7H5NO3.C7H10O3.CH3ClO2S/c1-10(14-13(18)9-16(2,3)22-15(14)19)11-6-5-7-12(8-11)17-23(4,20)21;1-9(10-5-4-6-11(7-10)16(19)20)13-12(17)8-15(2,3)21-14(13)18;1-9(10-5-4-6-11(16)7-10)13-12(17)8-15(2,3)19-14(13)18;1-14(2)8-12(16)11(13(17)20-14)7-9-4-3-5-10(6-9)15(18)19;9-5-6-2-1-3-7(4-6)8(10)11;1-7(2)4-5(8)3-6(9)10-7;1-5(2,3)4/h5-8,10,17-18H,9H2,1-4H3;4-7,9,17H,8H2,1-3H3;4-7,9,17H,8,16H2,1-3H3;3-7H,8H2,1-2H3;1-5H;3-4H2,1-2H3;1H3/b;;;11-7-;;;. The number of anilines is 2. The summed E-state index contributed by atoms with van der Waals surface area (Å²) in [6.07, 6.45) is 5.10. The van der Waals surface area contributed by atoms with Crippen LogP contribution in [0.15, 0.2) is 161 Å². The van der Waals surface area contributed by atoms with Gasteiger partial charge in [-0.2, -0.15) is 0 Å². The monoisotopic (exact) mass is 1570 g/mol. The maximum atomic E-state index is 12.2. The average molecular weight is 1580 g/mol. The van der Waals surface area contributed by atoms with Gasteiger partial charge in [-0.25, -0.2) is 36.0 Å². The van der Waals surface area contributed by atoms with Crippen molar-refractivity contribution in [1.29, 1.82) is 0 Å². The summed E-state index contributed by atoms with van der Waals surface area (Å²) in [6.45, 7) is 22.6. The van der Waals surface area contributed by atoms with E-state index in [4.69, 9.17) is 29.4 Å². The molecular weight excluding hydrogens is 1490 g/mol. The molecule has 0 aromatic heterocycles. The van der Waals surface area contributed by atoms with Gasteiger partial charge in [0.1, 0.15) is 69.3 Å². The smallest absolute Gasteiger partial charge is 0.342 e. The maximum absolute atomic E-state index is 12.2. The summed E-state index contributed by atoms with van der Waals surface area (Å²) in [4.78, 5) is 122. The molecule has 5 aromatic carbocycles. The number of aldehydes is 1. The molecule has 0 radical (unpaired) electrons. The van der Waals surface area contributed by atoms with Gasteiger partial charge in [0.25, 0.3) is 17.1 Å². The minimum atomic E-state index is -3.38. The fourth-order valence-electron chi connectivity index (χ4n) is 11.2. The number of nitrogens with one attached hydrogen (secondary N) is 1. The van der Waals surface area contributed by atoms with Gasteiger partial charge in [0, 0.05) is 107 Å². The molecule has 3 atom stereocenters. The lowest BCUT2D eigenvalue weighted by atomic mass is 9.87. The zero-order chi connectivity index (χ0) is 82.9. The second-order valence-corrected chi connectivity index (χ2v) is 33.5. The van der Waals surface area contributed by atoms with Crippen LogP contribution in [0, 0.1) is 30.3 Å². The SMILES string of the molecule is CC(C1=C(O)CC(C)(C)OC1=O)c1cccc(N)c1.CC(C1=C(O)CC(C)(C)OC1=O)c1cccc(NS(C)(=O)=O)c1.CC(C1=C(O)CC(C)(C)OC1=O)c1cccc([N+](=O)[O-])c1.CC1(C)CC(=O)/C(=C/c2cccc([N+](=O)[O-])c2)C(=O)O1.CC1(C)CC(=O)CC(=O)O1.CS(=O)(=O)Cl.O=Cc1cccc([N+](=O)[O-])c1. The Kier molecular flexibility index (Phi) is 30.7. The number of nitro benzene ring substituents is 3. The van der Waals surface area contributed by atoms with Crippen molar-refractivity contribution in [3.8, 4) is 0 Å². The molecule has 2 fully saturated rings. The van der Waals surface area contributed by atoms with Gasteiger partial charge in [-0.05, 0) is 122 Å². The summed E-state index contributed by atoms with van der Waals surface area (Å²) in [5.41, 5.74) is 6.58. The van der Waals surface area contributed by atoms with E-state index in [-0.39, 0.29) is 94.2 Å². The molecule has 0 saturated carbocycles. The predicted octanol–water partition coefficient (Wildman–Crippen LogP) is 13.4. The Balaban J connectivity index is 0.000000278. The van der Waals surface area contributed by atoms with E-state index in [1.54, 1.807) is 138 Å². The molecule has 31 nitrogen and oxygen atoms in total. The van der Waals surface area contributed by atoms with Crippen molar-refractivity contribution in [1.82, 2.24) is 0 Å². The lowest BCUT2D eigenvalue weighted by Crippen LogP contribution is -2.39. The summed E-state index contributed by atoms with van der Waals surface area (Å²) in [5, 5.41) is 62.1. The third-order valence-electron chi connectivity index (χ3n) is 15.9. The van der Waals surface area contributed by atoms with E-state index in [9.17, 15) is 101 Å². The molecule has 0 spiro atoms. The summed E-state index contributed by atoms with van der Waals surface area (Å²) in [7, 11) is -2.08. The maximum Gasteiger partial charge on any atom is 0.342 e. The van der Waals surface area contributed by atoms with Gasteiger partial charge in [-0.15, -0.1) is 0 Å². The first kappa shape index (κ1) is 90.2. The highest BCUT2D eigenvalue weighted by Crippen LogP contribution is 2.40. The number of hydrogen-bond donors (Lipinski definition) is 5. The highest BCUT2D eigenvalue weighted by Gasteiger charge is 2.41. The lowest BCUT2D eigenvalue weighted by molar-refractivity contribution is -0.385. The van der Waals surface area contributed by atoms with Crippen LogP contribution in [0.4, 0.5) is 28.4 Å². The van der Waals surface area contributed by atoms with Gasteiger partial charge in [-0.1, -0.05) is 81.4 Å². The van der Waals surface area contributed by atoms with Crippen molar-refractivity contribution >= 4 is 112 Å². The summed E-state index contributed by atoms with van der Waals surface area (Å²) >= 11 is 0. The number of Topliss-reactive ketones (excluding diaryl/α,β-unsaturated/α-hetero) is 2. The number of nitrogens with two attached hydrogens (primary N) is 1. The van der Waals surface area contributed by atoms with Crippen molar-refractivity contribution in [2.45, 2.75) is 174 Å². The summed E-state index contributed by atoms with van der Waals surface area (Å²) < 4.78 is 69.8. The number of carbonyl (C=O) groups is 8. The number of carbonyl (C=O) groups excluding carboxylic acids is 8. The molecule has 588 valence electrons. The predicted molar refractivity (Wildman–Crippen MR) is 402 cm³/mol. The van der Waals surface area contributed by atoms with E-state index in [1.807, 2.05) is 19.1 Å². The van der Waals surface area contributed by atoms with E-state index in [2.05, 4.69) is 15.4 Å². The Morgan fingerprint density at radius 2 is 0.826 bits per heavy atom. The zero-order valence-corrected chi connectivity index (χ0v) is 64.9. The molecule has 0 bridgehead atoms. The first-order valence-electron chi connectivity index (χ1n) is 33.2. The van der Waals surface area contributed by atoms with Gasteiger partial charge in [0.05, 0.1) is 50.4 Å². The number of aliphatic hydroxyl groups is 3. The molecule has 0 aliphatic carbocycles. The van der Waals surface area contributed by atoms with Gasteiger partial charge < -0.3 is 44.7 Å². The first-order chi connectivity index (χ1) is 50.0. The van der Waals surface area contributed by atoms with Crippen molar-refractivity contribution in [3.63, 3.8) is 0 Å². The van der Waals surface area contributed by atoms with Gasteiger partial charge in [0.15, 0.2) is 5.78 Å². The Bertz CT molecular complexity index is 4680. The lowest BCUT2D eigenvalue weighted by Gasteiger charge is -2.32. The molecule has 2 saturated heterocycles. The molecule has 5 aliphatic heterocycles. The number of non-ortho nitro benzene ring substituents is 3. The second-order valence-electron chi connectivity index (χ2n) is 28.7. The average Bonchev–Trinajstić information content (AvgIpc) is 0.800. The number of ketones is 2. The minimum absolute atomic E-state index is 0.0141. The van der Waals surface area contributed by atoms with E-state index in [0.717, 1.165) is 18.1 Å². The van der Waals surface area contributed by atoms with Crippen LogP contribution in [0.2, 0.25) is 0 Å². The fourth-order valence-corrected chi connectivity index (χ4v) is 11.8. The van der Waals surface area contributed by atoms with Crippen molar-refractivity contribution < 1.29 is 109 Å². The molecule has 5 aliphatic rings. The molecule has 5 heterocycles. The molecular formula is C75H88ClN5O26S2. The molecule has 34 heteroatoms. The number of rotatable bonds is 13. The Morgan fingerprint density at radius 1 is 0.486 bits per heavy atom. The number of nitro groups is 3. The zero-order valence-electron chi connectivity index (χ0n) is 62.5. The number of sulfonamides is 1. The van der Waals surface area contributed by atoms with Crippen LogP contribution in [0.25, 0.3) is 6.08 Å². The quantitative estimate of drug-likeness (QED) is 0.00698. The van der Waals surface area contributed by atoms with Crippen LogP contribution in [0.3, 0.4) is 0 Å². The number of benzene rings is 5. The Hall–Kier alpha value is -11.2. The van der Waals surface area contributed by atoms with Gasteiger partial charge >= 0.3 is 29.8 Å². The van der Waals surface area contributed by atoms with E-state index in [1.165, 1.54) is 60.7 Å². The first-order valence-corrected chi connectivity index (χ1v) is 37.8. The molecule has 5 aromatic rings. The van der Waals surface area contributed by atoms with Gasteiger partial charge in [0.2, 0.25) is 19.1 Å². The van der Waals surface area contributed by atoms with Crippen LogP contribution in [0.5, 0.6) is 0 Å². The molecule has 10 rings (SSSR count). The fraction of sp³-hybridized carbons (Fsp3) is 0.387. The number of aliphatic hydroxyl groups excluding tert-OH is 3. The molecule has 109 heavy (non-hydrogen) atoms. The Morgan fingerprint density at radius 3 is 1.19 bits per heavy atom. The third-order valence-corrected chi connectivity index (χ3v) is 16.5. The minimum Gasteiger partial charge on any atom is -0.512 e. The molecule has 6 N–H and O–H groups in total. The van der Waals surface area contributed by atoms with Crippen molar-refractivity contribution in [2.24, 2.45) is 0 Å². The van der Waals surface area contributed by atoms with Crippen molar-refractivity contribution in [2.75, 3.05) is 23.0 Å². The third kappa shape index (κ3) is 29.5. The highest BCUT2D eigenvalue weighted by atomic mass is 35.7. The van der Waals surface area contributed by atoms with Gasteiger partial charge in [-0.3, -0.25) is 54.2 Å². The number of nitrogens with zero attached hydrogens (tertiary/aromatic N) is 3. The second kappa shape index (κ2) is 37.1. The number of nitrogen functional groups attached to an aromatic ring is 1. The number of halogens is 1. The highest BCUT2D eigenvalue weighted by molar-refractivity contribution is 8.13. The number of esters is 5. The van der Waals surface area contributed by atoms with Crippen molar-refractivity contribution in [3.05, 3.63) is 219 Å². The molecule has 0 amide bonds. The number of ether oxygens (including phenoxy) is 5. The largest absolute Gasteiger partial charge is 0.512 e. The van der Waals surface area contributed by atoms with Crippen LogP contribution < -0.4 is 10.5 Å². The topological polar surface area (TPSA) is 479 Å². The van der Waals surface area contributed by atoms with Crippen LogP contribution in [-0.2, 0) is 76.3 Å². The van der Waals surface area contributed by atoms with Crippen LogP contribution in [-0.4, -0.2) is 135 Å². The number of hydrogen-bond acceptors (Lipinski definition) is 27. The molecule has 3 unspecified atom stereocenters. The van der Waals surface area contributed by atoms with E-state index in [0.29, 0.717) is 58.3 Å². The van der Waals surface area contributed by atoms with Crippen LogP contribution in [0.1, 0.15) is 179 Å². The van der Waals surface area contributed by atoms with E-state index < -0.39 is 104 Å². The normalized spacial score (nSPS) is 18.5. The van der Waals surface area contributed by atoms with Crippen LogP contribution >= 0.6 is 10.7 Å².